The number of hydrogen-bond acceptors (Lipinski definition) is 3. The summed E-state index contributed by atoms with van der Waals surface area (Å²) in [6.45, 7) is 6.57. The van der Waals surface area contributed by atoms with E-state index in [2.05, 4.69) is 19.1 Å². The van der Waals surface area contributed by atoms with E-state index in [4.69, 9.17) is 4.74 Å². The number of aryl methyl sites for hydroxylation is 1. The summed E-state index contributed by atoms with van der Waals surface area (Å²) < 4.78 is 5.97. The fraction of sp³-hybridized carbons (Fsp3) is 0.588. The Balaban J connectivity index is 2.10. The van der Waals surface area contributed by atoms with Crippen LogP contribution in [0.15, 0.2) is 18.2 Å². The Kier molecular flexibility index (Phi) is 3.44. The van der Waals surface area contributed by atoms with Crippen LogP contribution in [0.25, 0.3) is 0 Å². The van der Waals surface area contributed by atoms with Crippen molar-refractivity contribution >= 4 is 5.91 Å². The van der Waals surface area contributed by atoms with Gasteiger partial charge in [0.1, 0.15) is 17.5 Å². The first kappa shape index (κ1) is 14.4. The van der Waals surface area contributed by atoms with Gasteiger partial charge in [-0.25, -0.2) is 0 Å². The van der Waals surface area contributed by atoms with Crippen molar-refractivity contribution in [3.8, 4) is 5.75 Å². The van der Waals surface area contributed by atoms with Crippen molar-refractivity contribution in [2.75, 3.05) is 6.54 Å². The molecular formula is C17H23NO3. The van der Waals surface area contributed by atoms with Crippen LogP contribution in [-0.2, 0) is 11.2 Å². The lowest BCUT2D eigenvalue weighted by molar-refractivity contribution is -0.139. The fourth-order valence-corrected chi connectivity index (χ4v) is 3.34. The van der Waals surface area contributed by atoms with E-state index in [1.165, 1.54) is 5.56 Å². The van der Waals surface area contributed by atoms with Crippen molar-refractivity contribution in [3.63, 3.8) is 0 Å². The van der Waals surface area contributed by atoms with Crippen LogP contribution in [0.3, 0.4) is 0 Å². The molecule has 0 radical (unpaired) electrons. The molecule has 0 unspecified atom stereocenters. The van der Waals surface area contributed by atoms with Crippen LogP contribution in [0.5, 0.6) is 5.75 Å². The molecule has 1 saturated heterocycles. The Morgan fingerprint density at radius 2 is 2.19 bits per heavy atom. The molecule has 3 rings (SSSR count). The van der Waals surface area contributed by atoms with E-state index < -0.39 is 11.7 Å². The monoisotopic (exact) mass is 289 g/mol. The lowest BCUT2D eigenvalue weighted by Crippen LogP contribution is -2.53. The molecule has 4 nitrogen and oxygen atoms in total. The number of fused-ring (bicyclic) bond motifs is 1. The SMILES string of the molecule is CCc1ccc2c(c1)[C@H](N1CCCC1=O)[C@@H](O)C(C)(C)O2. The van der Waals surface area contributed by atoms with Crippen molar-refractivity contribution < 1.29 is 14.6 Å². The first-order valence-electron chi connectivity index (χ1n) is 7.73. The molecule has 21 heavy (non-hydrogen) atoms. The van der Waals surface area contributed by atoms with Gasteiger partial charge in [-0.1, -0.05) is 13.0 Å². The summed E-state index contributed by atoms with van der Waals surface area (Å²) >= 11 is 0. The summed E-state index contributed by atoms with van der Waals surface area (Å²) in [6, 6.07) is 5.79. The number of likely N-dealkylation sites (tertiary alicyclic amines) is 1. The molecule has 1 N–H and O–H groups in total. The number of nitrogens with zero attached hydrogens (tertiary/aromatic N) is 1. The van der Waals surface area contributed by atoms with Gasteiger partial charge in [-0.2, -0.15) is 0 Å². The molecule has 0 spiro atoms. The highest BCUT2D eigenvalue weighted by atomic mass is 16.5. The zero-order valence-corrected chi connectivity index (χ0v) is 12.9. The second-order valence-electron chi connectivity index (χ2n) is 6.51. The third kappa shape index (κ3) is 2.31. The number of amides is 1. The minimum Gasteiger partial charge on any atom is -0.485 e. The maximum Gasteiger partial charge on any atom is 0.223 e. The molecule has 2 aliphatic rings. The minimum atomic E-state index is -0.723. The number of aliphatic hydroxyl groups is 1. The molecule has 1 aromatic carbocycles. The summed E-state index contributed by atoms with van der Waals surface area (Å²) in [6.07, 6.45) is 1.64. The molecule has 0 bridgehead atoms. The molecule has 2 aliphatic heterocycles. The van der Waals surface area contributed by atoms with Gasteiger partial charge >= 0.3 is 0 Å². The number of aliphatic hydroxyl groups excluding tert-OH is 1. The molecule has 0 aromatic heterocycles. The van der Waals surface area contributed by atoms with Crippen molar-refractivity contribution in [1.29, 1.82) is 0 Å². The van der Waals surface area contributed by atoms with Crippen LogP contribution in [0.4, 0.5) is 0 Å². The molecule has 1 amide bonds. The van der Waals surface area contributed by atoms with Crippen LogP contribution in [-0.4, -0.2) is 34.2 Å². The van der Waals surface area contributed by atoms with Gasteiger partial charge in [-0.05, 0) is 44.4 Å². The van der Waals surface area contributed by atoms with Gasteiger partial charge in [-0.15, -0.1) is 0 Å². The standard InChI is InChI=1S/C17H23NO3/c1-4-11-7-8-13-12(10-11)15(16(20)17(2,3)21-13)18-9-5-6-14(18)19/h7-8,10,15-16,20H,4-6,9H2,1-3H3/t15-,16+/m0/s1. The highest BCUT2D eigenvalue weighted by Gasteiger charge is 2.47. The average Bonchev–Trinajstić information content (AvgIpc) is 2.86. The maximum absolute atomic E-state index is 12.2. The summed E-state index contributed by atoms with van der Waals surface area (Å²) in [4.78, 5) is 14.0. The third-order valence-corrected chi connectivity index (χ3v) is 4.63. The smallest absolute Gasteiger partial charge is 0.223 e. The fourth-order valence-electron chi connectivity index (χ4n) is 3.34. The Morgan fingerprint density at radius 1 is 1.43 bits per heavy atom. The summed E-state index contributed by atoms with van der Waals surface area (Å²) in [5.41, 5.74) is 1.44. The predicted octanol–water partition coefficient (Wildman–Crippen LogP) is 2.44. The first-order chi connectivity index (χ1) is 9.94. The van der Waals surface area contributed by atoms with Crippen LogP contribution >= 0.6 is 0 Å². The highest BCUT2D eigenvalue weighted by molar-refractivity contribution is 5.79. The van der Waals surface area contributed by atoms with Crippen LogP contribution in [0, 0.1) is 0 Å². The Hall–Kier alpha value is -1.55. The van der Waals surface area contributed by atoms with Crippen molar-refractivity contribution in [2.24, 2.45) is 0 Å². The molecule has 0 saturated carbocycles. The molecule has 1 fully saturated rings. The van der Waals surface area contributed by atoms with E-state index in [0.717, 1.165) is 24.2 Å². The summed E-state index contributed by atoms with van der Waals surface area (Å²) in [5.74, 6) is 0.914. The largest absolute Gasteiger partial charge is 0.485 e. The zero-order chi connectivity index (χ0) is 15.2. The summed E-state index contributed by atoms with van der Waals surface area (Å²) in [7, 11) is 0. The predicted molar refractivity (Wildman–Crippen MR) is 80.2 cm³/mol. The van der Waals surface area contributed by atoms with Gasteiger partial charge in [-0.3, -0.25) is 4.79 Å². The Bertz CT molecular complexity index is 567. The second kappa shape index (κ2) is 5.02. The van der Waals surface area contributed by atoms with Crippen molar-refractivity contribution in [1.82, 2.24) is 4.90 Å². The van der Waals surface area contributed by atoms with E-state index in [0.29, 0.717) is 13.0 Å². The number of rotatable bonds is 2. The number of carbonyl (C=O) groups is 1. The van der Waals surface area contributed by atoms with Crippen molar-refractivity contribution in [3.05, 3.63) is 29.3 Å². The van der Waals surface area contributed by atoms with Gasteiger partial charge in [0.25, 0.3) is 0 Å². The molecule has 1 aromatic rings. The quantitative estimate of drug-likeness (QED) is 0.910. The molecule has 0 aliphatic carbocycles. The lowest BCUT2D eigenvalue weighted by atomic mass is 9.85. The van der Waals surface area contributed by atoms with E-state index >= 15 is 0 Å². The Morgan fingerprint density at radius 3 is 2.81 bits per heavy atom. The summed E-state index contributed by atoms with van der Waals surface area (Å²) in [5, 5.41) is 10.8. The van der Waals surface area contributed by atoms with Crippen LogP contribution in [0.2, 0.25) is 0 Å². The normalized spacial score (nSPS) is 27.4. The van der Waals surface area contributed by atoms with Crippen LogP contribution in [0.1, 0.15) is 50.8 Å². The van der Waals surface area contributed by atoms with E-state index in [-0.39, 0.29) is 11.9 Å². The first-order valence-corrected chi connectivity index (χ1v) is 7.73. The average molecular weight is 289 g/mol. The van der Waals surface area contributed by atoms with Gasteiger partial charge in [0.05, 0.1) is 6.04 Å². The highest BCUT2D eigenvalue weighted by Crippen LogP contribution is 2.44. The number of carbonyl (C=O) groups excluding carboxylic acids is 1. The third-order valence-electron chi connectivity index (χ3n) is 4.63. The van der Waals surface area contributed by atoms with Gasteiger partial charge < -0.3 is 14.7 Å². The van der Waals surface area contributed by atoms with E-state index in [1.807, 2.05) is 24.8 Å². The van der Waals surface area contributed by atoms with Crippen molar-refractivity contribution in [2.45, 2.75) is 57.8 Å². The molecule has 2 atom stereocenters. The van der Waals surface area contributed by atoms with Crippen LogP contribution < -0.4 is 4.74 Å². The van der Waals surface area contributed by atoms with E-state index in [9.17, 15) is 9.90 Å². The minimum absolute atomic E-state index is 0.129. The second-order valence-corrected chi connectivity index (χ2v) is 6.51. The maximum atomic E-state index is 12.2. The number of hydrogen-bond donors (Lipinski definition) is 1. The molecular weight excluding hydrogens is 266 g/mol. The van der Waals surface area contributed by atoms with Gasteiger partial charge in [0.2, 0.25) is 5.91 Å². The number of ether oxygens (including phenoxy) is 1. The van der Waals surface area contributed by atoms with Gasteiger partial charge in [0.15, 0.2) is 0 Å². The Labute approximate surface area is 125 Å². The van der Waals surface area contributed by atoms with E-state index in [1.54, 1.807) is 0 Å². The lowest BCUT2D eigenvalue weighted by Gasteiger charge is -2.45. The number of benzene rings is 1. The zero-order valence-electron chi connectivity index (χ0n) is 12.9. The molecule has 4 heteroatoms. The molecule has 114 valence electrons. The molecule has 2 heterocycles. The topological polar surface area (TPSA) is 49.8 Å². The van der Waals surface area contributed by atoms with Gasteiger partial charge in [0, 0.05) is 18.5 Å².